The van der Waals surface area contributed by atoms with Gasteiger partial charge < -0.3 is 4.74 Å². The van der Waals surface area contributed by atoms with Crippen LogP contribution >= 0.6 is 0 Å². The SMILES string of the molecule is COc1cccc(CC/C=C/COS(C)(=O)=O)c1. The Labute approximate surface area is 108 Å². The van der Waals surface area contributed by atoms with Gasteiger partial charge in [-0.3, -0.25) is 4.18 Å². The van der Waals surface area contributed by atoms with Gasteiger partial charge in [-0.2, -0.15) is 8.42 Å². The third-order valence-electron chi connectivity index (χ3n) is 2.28. The van der Waals surface area contributed by atoms with Crippen LogP contribution in [0.15, 0.2) is 36.4 Å². The summed E-state index contributed by atoms with van der Waals surface area (Å²) < 4.78 is 31.1. The van der Waals surface area contributed by atoms with E-state index in [1.807, 2.05) is 30.3 Å². The van der Waals surface area contributed by atoms with Gasteiger partial charge in [-0.15, -0.1) is 0 Å². The maximum absolute atomic E-state index is 10.7. The fraction of sp³-hybridized carbons (Fsp3) is 0.385. The minimum Gasteiger partial charge on any atom is -0.497 e. The number of aryl methyl sites for hydroxylation is 1. The van der Waals surface area contributed by atoms with E-state index < -0.39 is 10.1 Å². The molecule has 0 aromatic heterocycles. The molecular weight excluding hydrogens is 252 g/mol. The Morgan fingerprint density at radius 3 is 2.72 bits per heavy atom. The van der Waals surface area contributed by atoms with Gasteiger partial charge in [0.05, 0.1) is 20.0 Å². The van der Waals surface area contributed by atoms with Gasteiger partial charge in [-0.1, -0.05) is 24.3 Å². The minimum absolute atomic E-state index is 0.0942. The molecule has 0 aliphatic rings. The lowest BCUT2D eigenvalue weighted by Crippen LogP contribution is -2.01. The highest BCUT2D eigenvalue weighted by atomic mass is 32.2. The average Bonchev–Trinajstić information content (AvgIpc) is 2.32. The Morgan fingerprint density at radius 2 is 2.06 bits per heavy atom. The number of rotatable bonds is 7. The Bertz CT molecular complexity index is 491. The molecule has 0 radical (unpaired) electrons. The summed E-state index contributed by atoms with van der Waals surface area (Å²) in [5.41, 5.74) is 1.18. The van der Waals surface area contributed by atoms with Crippen LogP contribution < -0.4 is 4.74 Å². The van der Waals surface area contributed by atoms with Crippen LogP contribution in [0.1, 0.15) is 12.0 Å². The highest BCUT2D eigenvalue weighted by Crippen LogP contribution is 2.13. The summed E-state index contributed by atoms with van der Waals surface area (Å²) in [6.07, 6.45) is 6.37. The Balaban J connectivity index is 2.30. The molecule has 1 rings (SSSR count). The molecule has 4 nitrogen and oxygen atoms in total. The molecule has 5 heteroatoms. The van der Waals surface area contributed by atoms with Crippen LogP contribution in [0.5, 0.6) is 5.75 Å². The van der Waals surface area contributed by atoms with E-state index in [0.717, 1.165) is 24.8 Å². The third-order valence-corrected chi connectivity index (χ3v) is 2.84. The zero-order chi connectivity index (χ0) is 13.4. The van der Waals surface area contributed by atoms with Crippen molar-refractivity contribution in [1.29, 1.82) is 0 Å². The molecule has 0 saturated carbocycles. The van der Waals surface area contributed by atoms with Gasteiger partial charge in [-0.05, 0) is 30.5 Å². The number of allylic oxidation sites excluding steroid dienone is 1. The van der Waals surface area contributed by atoms with Crippen molar-refractivity contribution in [1.82, 2.24) is 0 Å². The van der Waals surface area contributed by atoms with E-state index in [1.165, 1.54) is 5.56 Å². The number of benzene rings is 1. The second-order valence-electron chi connectivity index (χ2n) is 3.85. The van der Waals surface area contributed by atoms with Crippen molar-refractivity contribution in [3.8, 4) is 5.75 Å². The molecular formula is C13H18O4S. The van der Waals surface area contributed by atoms with Crippen LogP contribution in [-0.2, 0) is 20.7 Å². The van der Waals surface area contributed by atoms with E-state index in [9.17, 15) is 8.42 Å². The lowest BCUT2D eigenvalue weighted by molar-refractivity contribution is 0.361. The fourth-order valence-corrected chi connectivity index (χ4v) is 1.75. The number of hydrogen-bond donors (Lipinski definition) is 0. The van der Waals surface area contributed by atoms with Crippen LogP contribution in [0.4, 0.5) is 0 Å². The predicted octanol–water partition coefficient (Wildman–Crippen LogP) is 2.16. The van der Waals surface area contributed by atoms with Gasteiger partial charge in [0.25, 0.3) is 10.1 Å². The molecule has 0 spiro atoms. The van der Waals surface area contributed by atoms with Crippen LogP contribution in [0.25, 0.3) is 0 Å². The molecule has 0 N–H and O–H groups in total. The average molecular weight is 270 g/mol. The minimum atomic E-state index is -3.34. The van der Waals surface area contributed by atoms with Gasteiger partial charge in [0, 0.05) is 0 Å². The highest BCUT2D eigenvalue weighted by Gasteiger charge is 1.97. The molecule has 0 aliphatic carbocycles. The summed E-state index contributed by atoms with van der Waals surface area (Å²) in [6, 6.07) is 7.87. The Kier molecular flexibility index (Phi) is 5.88. The summed E-state index contributed by atoms with van der Waals surface area (Å²) in [6.45, 7) is 0.0942. The summed E-state index contributed by atoms with van der Waals surface area (Å²) in [7, 11) is -1.70. The molecule has 0 heterocycles. The van der Waals surface area contributed by atoms with Crippen molar-refractivity contribution in [3.05, 3.63) is 42.0 Å². The molecule has 0 bridgehead atoms. The molecule has 1 aromatic carbocycles. The van der Waals surface area contributed by atoms with Crippen LogP contribution in [0, 0.1) is 0 Å². The maximum Gasteiger partial charge on any atom is 0.264 e. The van der Waals surface area contributed by atoms with Crippen molar-refractivity contribution in [2.24, 2.45) is 0 Å². The van der Waals surface area contributed by atoms with E-state index in [1.54, 1.807) is 13.2 Å². The molecule has 0 unspecified atom stereocenters. The fourth-order valence-electron chi connectivity index (χ4n) is 1.43. The molecule has 0 saturated heterocycles. The van der Waals surface area contributed by atoms with E-state index in [-0.39, 0.29) is 6.61 Å². The van der Waals surface area contributed by atoms with E-state index in [2.05, 4.69) is 4.18 Å². The number of ether oxygens (including phenoxy) is 1. The summed E-state index contributed by atoms with van der Waals surface area (Å²) in [4.78, 5) is 0. The van der Waals surface area contributed by atoms with Gasteiger partial charge in [0.2, 0.25) is 0 Å². The van der Waals surface area contributed by atoms with E-state index in [0.29, 0.717) is 0 Å². The van der Waals surface area contributed by atoms with E-state index in [4.69, 9.17) is 4.74 Å². The second kappa shape index (κ2) is 7.18. The van der Waals surface area contributed by atoms with Crippen molar-refractivity contribution in [2.45, 2.75) is 12.8 Å². The summed E-state index contributed by atoms with van der Waals surface area (Å²) in [5.74, 6) is 0.844. The molecule has 0 fully saturated rings. The molecule has 0 aliphatic heterocycles. The zero-order valence-electron chi connectivity index (χ0n) is 10.6. The quantitative estimate of drug-likeness (QED) is 0.563. The molecule has 1 aromatic rings. The summed E-state index contributed by atoms with van der Waals surface area (Å²) >= 11 is 0. The topological polar surface area (TPSA) is 52.6 Å². The third kappa shape index (κ3) is 6.42. The predicted molar refractivity (Wildman–Crippen MR) is 71.3 cm³/mol. The first-order valence-electron chi connectivity index (χ1n) is 5.63. The molecule has 18 heavy (non-hydrogen) atoms. The van der Waals surface area contributed by atoms with Gasteiger partial charge in [0.1, 0.15) is 5.75 Å². The van der Waals surface area contributed by atoms with Crippen molar-refractivity contribution in [2.75, 3.05) is 20.0 Å². The number of methoxy groups -OCH3 is 1. The number of hydrogen-bond acceptors (Lipinski definition) is 4. The van der Waals surface area contributed by atoms with Crippen molar-refractivity contribution < 1.29 is 17.3 Å². The van der Waals surface area contributed by atoms with Crippen LogP contribution in [-0.4, -0.2) is 28.4 Å². The molecule has 0 amide bonds. The van der Waals surface area contributed by atoms with Crippen molar-refractivity contribution >= 4 is 10.1 Å². The zero-order valence-corrected chi connectivity index (χ0v) is 11.4. The Morgan fingerprint density at radius 1 is 1.28 bits per heavy atom. The Hall–Kier alpha value is -1.33. The van der Waals surface area contributed by atoms with Gasteiger partial charge in [0.15, 0.2) is 0 Å². The largest absolute Gasteiger partial charge is 0.497 e. The maximum atomic E-state index is 10.7. The first-order chi connectivity index (χ1) is 8.51. The monoisotopic (exact) mass is 270 g/mol. The normalized spacial score (nSPS) is 11.9. The van der Waals surface area contributed by atoms with Crippen molar-refractivity contribution in [3.63, 3.8) is 0 Å². The first-order valence-corrected chi connectivity index (χ1v) is 7.45. The first kappa shape index (κ1) is 14.7. The van der Waals surface area contributed by atoms with Gasteiger partial charge >= 0.3 is 0 Å². The lowest BCUT2D eigenvalue weighted by atomic mass is 10.1. The standard InChI is InChI=1S/C13H18O4S/c1-16-13-9-6-8-12(11-13)7-4-3-5-10-17-18(2,14)15/h3,5-6,8-9,11H,4,7,10H2,1-2H3/b5-3+. The smallest absolute Gasteiger partial charge is 0.264 e. The van der Waals surface area contributed by atoms with E-state index >= 15 is 0 Å². The molecule has 0 atom stereocenters. The van der Waals surface area contributed by atoms with Crippen LogP contribution in [0.3, 0.4) is 0 Å². The summed E-state index contributed by atoms with van der Waals surface area (Å²) in [5, 5.41) is 0. The highest BCUT2D eigenvalue weighted by molar-refractivity contribution is 7.85. The lowest BCUT2D eigenvalue weighted by Gasteiger charge is -2.02. The van der Waals surface area contributed by atoms with Crippen LogP contribution in [0.2, 0.25) is 0 Å². The molecule has 100 valence electrons. The van der Waals surface area contributed by atoms with Gasteiger partial charge in [-0.25, -0.2) is 0 Å². The second-order valence-corrected chi connectivity index (χ2v) is 5.49.